The molecule has 1 aromatic carbocycles. The fourth-order valence-corrected chi connectivity index (χ4v) is 4.45. The third-order valence-corrected chi connectivity index (χ3v) is 5.53. The molecular formula is C12H15ClN2O2S2. The Kier molecular flexibility index (Phi) is 4.03. The molecule has 0 spiro atoms. The van der Waals surface area contributed by atoms with Crippen LogP contribution in [0.4, 0.5) is 5.69 Å². The van der Waals surface area contributed by atoms with Crippen molar-refractivity contribution >= 4 is 44.3 Å². The topological polar surface area (TPSA) is 63.4 Å². The Morgan fingerprint density at radius 2 is 2.21 bits per heavy atom. The van der Waals surface area contributed by atoms with Gasteiger partial charge in [-0.15, -0.1) is 0 Å². The van der Waals surface area contributed by atoms with Crippen molar-refractivity contribution in [1.29, 1.82) is 0 Å². The van der Waals surface area contributed by atoms with Gasteiger partial charge >= 0.3 is 0 Å². The summed E-state index contributed by atoms with van der Waals surface area (Å²) in [5.41, 5.74) is 7.15. The molecule has 0 aromatic heterocycles. The van der Waals surface area contributed by atoms with Crippen molar-refractivity contribution in [2.45, 2.75) is 13.0 Å². The monoisotopic (exact) mass is 318 g/mol. The Labute approximate surface area is 123 Å². The number of nitrogens with two attached hydrogens (primary N) is 1. The van der Waals surface area contributed by atoms with Gasteiger partial charge < -0.3 is 10.6 Å². The lowest BCUT2D eigenvalue weighted by Crippen LogP contribution is -2.47. The Morgan fingerprint density at radius 1 is 1.53 bits per heavy atom. The summed E-state index contributed by atoms with van der Waals surface area (Å²) in [6.45, 7) is 2.31. The Hall–Kier alpha value is -0.850. The molecule has 1 atom stereocenters. The molecule has 19 heavy (non-hydrogen) atoms. The number of benzene rings is 1. The van der Waals surface area contributed by atoms with Gasteiger partial charge in [0, 0.05) is 18.3 Å². The highest BCUT2D eigenvalue weighted by Crippen LogP contribution is 2.30. The van der Waals surface area contributed by atoms with Gasteiger partial charge in [0.05, 0.1) is 22.1 Å². The van der Waals surface area contributed by atoms with E-state index in [2.05, 4.69) is 0 Å². The number of nitrogens with zero attached hydrogens (tertiary/aromatic N) is 1. The van der Waals surface area contributed by atoms with Crippen molar-refractivity contribution in [3.8, 4) is 0 Å². The smallest absolute Gasteiger partial charge is 0.154 e. The molecule has 2 N–H and O–H groups in total. The molecule has 0 bridgehead atoms. The van der Waals surface area contributed by atoms with E-state index in [1.807, 2.05) is 24.0 Å². The molecule has 0 saturated carbocycles. The highest BCUT2D eigenvalue weighted by atomic mass is 35.5. The van der Waals surface area contributed by atoms with Crippen LogP contribution in [0.5, 0.6) is 0 Å². The summed E-state index contributed by atoms with van der Waals surface area (Å²) in [5.74, 6) is 0.275. The van der Waals surface area contributed by atoms with Gasteiger partial charge in [0.2, 0.25) is 0 Å². The van der Waals surface area contributed by atoms with Crippen LogP contribution in [-0.2, 0) is 9.84 Å². The minimum Gasteiger partial charge on any atom is -0.389 e. The molecule has 104 valence electrons. The van der Waals surface area contributed by atoms with Crippen LogP contribution in [-0.4, -0.2) is 37.5 Å². The second kappa shape index (κ2) is 5.26. The molecule has 4 nitrogen and oxygen atoms in total. The maximum atomic E-state index is 11.6. The lowest BCUT2D eigenvalue weighted by Gasteiger charge is -2.36. The molecule has 2 rings (SSSR count). The number of rotatable bonds is 2. The predicted molar refractivity (Wildman–Crippen MR) is 82.8 cm³/mol. The van der Waals surface area contributed by atoms with Crippen LogP contribution in [0.2, 0.25) is 5.02 Å². The summed E-state index contributed by atoms with van der Waals surface area (Å²) in [6, 6.07) is 5.29. The zero-order valence-corrected chi connectivity index (χ0v) is 12.9. The highest BCUT2D eigenvalue weighted by Gasteiger charge is 2.30. The van der Waals surface area contributed by atoms with Gasteiger partial charge in [0.1, 0.15) is 4.99 Å². The summed E-state index contributed by atoms with van der Waals surface area (Å²) >= 11 is 11.2. The van der Waals surface area contributed by atoms with Crippen LogP contribution < -0.4 is 10.6 Å². The molecule has 1 aromatic rings. The minimum absolute atomic E-state index is 0.120. The predicted octanol–water partition coefficient (Wildman–Crippen LogP) is 1.60. The van der Waals surface area contributed by atoms with Crippen LogP contribution in [0.3, 0.4) is 0 Å². The van der Waals surface area contributed by atoms with Crippen LogP contribution in [0.15, 0.2) is 18.2 Å². The van der Waals surface area contributed by atoms with Crippen molar-refractivity contribution in [3.05, 3.63) is 28.8 Å². The molecule has 1 unspecified atom stereocenters. The third-order valence-electron chi connectivity index (χ3n) is 3.22. The van der Waals surface area contributed by atoms with Gasteiger partial charge in [-0.2, -0.15) is 0 Å². The molecule has 1 fully saturated rings. The van der Waals surface area contributed by atoms with Crippen molar-refractivity contribution < 1.29 is 8.42 Å². The molecule has 1 aliphatic heterocycles. The van der Waals surface area contributed by atoms with Crippen LogP contribution >= 0.6 is 23.8 Å². The first kappa shape index (κ1) is 14.6. The minimum atomic E-state index is -2.95. The van der Waals surface area contributed by atoms with E-state index in [1.165, 1.54) is 0 Å². The lowest BCUT2D eigenvalue weighted by molar-refractivity contribution is 0.568. The summed E-state index contributed by atoms with van der Waals surface area (Å²) < 4.78 is 23.2. The largest absolute Gasteiger partial charge is 0.389 e. The van der Waals surface area contributed by atoms with Gasteiger partial charge in [-0.05, 0) is 19.1 Å². The zero-order valence-electron chi connectivity index (χ0n) is 10.5. The van der Waals surface area contributed by atoms with E-state index in [0.717, 1.165) is 5.69 Å². The Morgan fingerprint density at radius 3 is 2.79 bits per heavy atom. The number of sulfone groups is 1. The maximum Gasteiger partial charge on any atom is 0.154 e. The first-order chi connectivity index (χ1) is 8.82. The molecule has 0 radical (unpaired) electrons. The normalized spacial score (nSPS) is 22.2. The molecular weight excluding hydrogens is 304 g/mol. The van der Waals surface area contributed by atoms with Crippen molar-refractivity contribution in [2.75, 3.05) is 23.0 Å². The fourth-order valence-electron chi connectivity index (χ4n) is 2.35. The van der Waals surface area contributed by atoms with Crippen LogP contribution in [0.1, 0.15) is 12.5 Å². The number of hydrogen-bond acceptors (Lipinski definition) is 4. The number of thiocarbonyl (C=S) groups is 1. The first-order valence-corrected chi connectivity index (χ1v) is 8.48. The Bertz CT molecular complexity index is 616. The zero-order chi connectivity index (χ0) is 14.2. The molecule has 0 aliphatic carbocycles. The quantitative estimate of drug-likeness (QED) is 0.839. The summed E-state index contributed by atoms with van der Waals surface area (Å²) in [5, 5.41) is 0.491. The van der Waals surface area contributed by atoms with E-state index in [9.17, 15) is 8.42 Å². The molecule has 1 aliphatic rings. The van der Waals surface area contributed by atoms with Gasteiger partial charge in [-0.1, -0.05) is 29.9 Å². The van der Waals surface area contributed by atoms with Crippen molar-refractivity contribution in [1.82, 2.24) is 0 Å². The van der Waals surface area contributed by atoms with Gasteiger partial charge in [-0.25, -0.2) is 8.42 Å². The van der Waals surface area contributed by atoms with E-state index in [0.29, 0.717) is 17.1 Å². The van der Waals surface area contributed by atoms with E-state index in [4.69, 9.17) is 29.6 Å². The van der Waals surface area contributed by atoms with E-state index < -0.39 is 9.84 Å². The van der Waals surface area contributed by atoms with E-state index in [-0.39, 0.29) is 22.5 Å². The second-order valence-corrected chi connectivity index (χ2v) is 7.73. The van der Waals surface area contributed by atoms with Crippen molar-refractivity contribution in [3.63, 3.8) is 0 Å². The molecule has 1 heterocycles. The highest BCUT2D eigenvalue weighted by molar-refractivity contribution is 7.91. The first-order valence-electron chi connectivity index (χ1n) is 5.87. The summed E-state index contributed by atoms with van der Waals surface area (Å²) in [7, 11) is -2.95. The second-order valence-electron chi connectivity index (χ2n) is 4.65. The number of anilines is 1. The van der Waals surface area contributed by atoms with Crippen LogP contribution in [0.25, 0.3) is 0 Å². The van der Waals surface area contributed by atoms with Crippen molar-refractivity contribution in [2.24, 2.45) is 5.73 Å². The number of hydrogen-bond donors (Lipinski definition) is 1. The molecule has 1 saturated heterocycles. The van der Waals surface area contributed by atoms with E-state index >= 15 is 0 Å². The fraction of sp³-hybridized carbons (Fsp3) is 0.417. The maximum absolute atomic E-state index is 11.6. The SMILES string of the molecule is CC1CS(=O)(=O)CCN1c1cccc(Cl)c1C(N)=S. The van der Waals surface area contributed by atoms with Gasteiger partial charge in [0.25, 0.3) is 0 Å². The average Bonchev–Trinajstić information content (AvgIpc) is 2.26. The summed E-state index contributed by atoms with van der Waals surface area (Å²) in [6.07, 6.45) is 0. The Balaban J connectivity index is 2.43. The van der Waals surface area contributed by atoms with Gasteiger partial charge in [0.15, 0.2) is 9.84 Å². The van der Waals surface area contributed by atoms with E-state index in [1.54, 1.807) is 6.07 Å². The number of halogens is 1. The molecule has 7 heteroatoms. The molecule has 0 amide bonds. The van der Waals surface area contributed by atoms with Crippen LogP contribution in [0, 0.1) is 0 Å². The summed E-state index contributed by atoms with van der Waals surface area (Å²) in [4.78, 5) is 2.22. The lowest BCUT2D eigenvalue weighted by atomic mass is 10.1. The average molecular weight is 319 g/mol. The van der Waals surface area contributed by atoms with Gasteiger partial charge in [-0.3, -0.25) is 0 Å². The third kappa shape index (κ3) is 3.01. The standard InChI is InChI=1S/C12H15ClN2O2S2/c1-8-7-19(16,17)6-5-15(8)10-4-2-3-9(13)11(10)12(14)18/h2-4,8H,5-7H2,1H3,(H2,14,18).